The Morgan fingerprint density at radius 2 is 1.83 bits per heavy atom. The highest BCUT2D eigenvalue weighted by atomic mass is 28.4. The molecule has 0 radical (unpaired) electrons. The Morgan fingerprint density at radius 1 is 1.33 bits per heavy atom. The molecule has 0 heterocycles. The maximum absolute atomic E-state index is 10.2. The summed E-state index contributed by atoms with van der Waals surface area (Å²) >= 11 is 0. The molecule has 0 saturated heterocycles. The van der Waals surface area contributed by atoms with Gasteiger partial charge >= 0.3 is 0 Å². The molecule has 0 unspecified atom stereocenters. The van der Waals surface area contributed by atoms with E-state index in [0.29, 0.717) is 0 Å². The van der Waals surface area contributed by atoms with Crippen LogP contribution in [0.4, 0.5) is 0 Å². The van der Waals surface area contributed by atoms with Crippen LogP contribution in [0, 0.1) is 5.41 Å². The maximum atomic E-state index is 10.2. The maximum Gasteiger partial charge on any atom is 0.192 e. The molecule has 0 spiro atoms. The largest absolute Gasteiger partial charge is 0.411 e. The van der Waals surface area contributed by atoms with Crippen LogP contribution in [-0.4, -0.2) is 25.6 Å². The van der Waals surface area contributed by atoms with Gasteiger partial charge in [0.2, 0.25) is 0 Å². The Hall–Kier alpha value is -0.123. The summed E-state index contributed by atoms with van der Waals surface area (Å²) in [6, 6.07) is 0. The van der Waals surface area contributed by atoms with Gasteiger partial charge in [-0.1, -0.05) is 40.7 Å². The molecule has 0 amide bonds. The van der Waals surface area contributed by atoms with Gasteiger partial charge in [0.1, 0.15) is 0 Å². The lowest BCUT2D eigenvalue weighted by Gasteiger charge is -2.44. The predicted molar refractivity (Wildman–Crippen MR) is 80.2 cm³/mol. The van der Waals surface area contributed by atoms with Crippen LogP contribution in [-0.2, 0) is 4.43 Å². The Labute approximate surface area is 114 Å². The SMILES string of the molecule is CC1=C[C@H](O[Si](C)(C)C(C)(C)C)CC(C)(C)[C@H]1O. The molecule has 1 rings (SSSR count). The second-order valence-electron chi connectivity index (χ2n) is 7.92. The van der Waals surface area contributed by atoms with Crippen LogP contribution < -0.4 is 0 Å². The molecular weight excluding hydrogens is 240 g/mol. The van der Waals surface area contributed by atoms with Gasteiger partial charge in [0.25, 0.3) is 0 Å². The molecule has 0 aromatic heterocycles. The first-order valence-corrected chi connectivity index (χ1v) is 9.82. The lowest BCUT2D eigenvalue weighted by atomic mass is 9.74. The van der Waals surface area contributed by atoms with Gasteiger partial charge in [-0.05, 0) is 42.5 Å². The molecular formula is C15H30O2Si. The van der Waals surface area contributed by atoms with Crippen LogP contribution in [0.25, 0.3) is 0 Å². The first kappa shape index (κ1) is 15.9. The van der Waals surface area contributed by atoms with Crippen molar-refractivity contribution >= 4 is 8.32 Å². The third kappa shape index (κ3) is 3.25. The summed E-state index contributed by atoms with van der Waals surface area (Å²) in [5, 5.41) is 10.4. The summed E-state index contributed by atoms with van der Waals surface area (Å²) in [7, 11) is -1.73. The number of hydrogen-bond acceptors (Lipinski definition) is 2. The van der Waals surface area contributed by atoms with E-state index in [-0.39, 0.29) is 22.7 Å². The minimum Gasteiger partial charge on any atom is -0.411 e. The molecule has 106 valence electrons. The number of hydrogen-bond donors (Lipinski definition) is 1. The molecule has 1 aliphatic carbocycles. The van der Waals surface area contributed by atoms with E-state index in [1.54, 1.807) is 0 Å². The lowest BCUT2D eigenvalue weighted by molar-refractivity contribution is 0.0308. The predicted octanol–water partition coefficient (Wildman–Crippen LogP) is 4.11. The van der Waals surface area contributed by atoms with Crippen molar-refractivity contribution in [3.8, 4) is 0 Å². The van der Waals surface area contributed by atoms with Crippen molar-refractivity contribution in [2.24, 2.45) is 5.41 Å². The van der Waals surface area contributed by atoms with Gasteiger partial charge in [0.15, 0.2) is 8.32 Å². The van der Waals surface area contributed by atoms with Crippen LogP contribution in [0.15, 0.2) is 11.6 Å². The summed E-state index contributed by atoms with van der Waals surface area (Å²) in [4.78, 5) is 0. The normalized spacial score (nSPS) is 29.1. The fourth-order valence-corrected chi connectivity index (χ4v) is 3.58. The Morgan fingerprint density at radius 3 is 2.22 bits per heavy atom. The van der Waals surface area contributed by atoms with E-state index in [2.05, 4.69) is 53.8 Å². The molecule has 0 bridgehead atoms. The van der Waals surface area contributed by atoms with Crippen molar-refractivity contribution in [3.05, 3.63) is 11.6 Å². The van der Waals surface area contributed by atoms with E-state index >= 15 is 0 Å². The zero-order valence-corrected chi connectivity index (χ0v) is 14.3. The van der Waals surface area contributed by atoms with E-state index in [9.17, 15) is 5.11 Å². The van der Waals surface area contributed by atoms with Crippen molar-refractivity contribution in [1.82, 2.24) is 0 Å². The molecule has 2 atom stereocenters. The molecule has 18 heavy (non-hydrogen) atoms. The van der Waals surface area contributed by atoms with Crippen molar-refractivity contribution in [2.75, 3.05) is 0 Å². The van der Waals surface area contributed by atoms with Crippen molar-refractivity contribution in [2.45, 2.75) is 78.3 Å². The zero-order valence-electron chi connectivity index (χ0n) is 13.3. The van der Waals surface area contributed by atoms with Gasteiger partial charge in [-0.3, -0.25) is 0 Å². The molecule has 0 aromatic rings. The van der Waals surface area contributed by atoms with Crippen LogP contribution in [0.3, 0.4) is 0 Å². The quantitative estimate of drug-likeness (QED) is 0.604. The lowest BCUT2D eigenvalue weighted by Crippen LogP contribution is -2.47. The van der Waals surface area contributed by atoms with Crippen LogP contribution in [0.1, 0.15) is 48.0 Å². The summed E-state index contributed by atoms with van der Waals surface area (Å²) in [6.07, 6.45) is 2.84. The molecule has 1 N–H and O–H groups in total. The topological polar surface area (TPSA) is 29.5 Å². The third-order valence-electron chi connectivity index (χ3n) is 4.60. The fourth-order valence-electron chi connectivity index (χ4n) is 2.32. The number of aliphatic hydroxyl groups excluding tert-OH is 1. The van der Waals surface area contributed by atoms with Crippen molar-refractivity contribution in [3.63, 3.8) is 0 Å². The molecule has 0 aliphatic heterocycles. The van der Waals surface area contributed by atoms with Crippen LogP contribution in [0.5, 0.6) is 0 Å². The molecule has 0 aromatic carbocycles. The highest BCUT2D eigenvalue weighted by Gasteiger charge is 2.42. The van der Waals surface area contributed by atoms with Crippen molar-refractivity contribution < 1.29 is 9.53 Å². The first-order chi connectivity index (χ1) is 7.87. The standard InChI is InChI=1S/C15H30O2Si/c1-11-9-12(10-15(5,6)13(11)16)17-18(7,8)14(2,3)4/h9,12-13,16H,10H2,1-8H3/t12-,13-/m0/s1. The highest BCUT2D eigenvalue weighted by Crippen LogP contribution is 2.42. The zero-order chi connectivity index (χ0) is 14.4. The van der Waals surface area contributed by atoms with Gasteiger partial charge in [0, 0.05) is 0 Å². The summed E-state index contributed by atoms with van der Waals surface area (Å²) in [5.41, 5.74) is 0.959. The van der Waals surface area contributed by atoms with Crippen molar-refractivity contribution in [1.29, 1.82) is 0 Å². The third-order valence-corrected chi connectivity index (χ3v) is 9.10. The summed E-state index contributed by atoms with van der Waals surface area (Å²) in [6.45, 7) is 17.6. The van der Waals surface area contributed by atoms with Gasteiger partial charge in [-0.25, -0.2) is 0 Å². The van der Waals surface area contributed by atoms with Gasteiger partial charge in [-0.2, -0.15) is 0 Å². The van der Waals surface area contributed by atoms with Gasteiger partial charge in [-0.15, -0.1) is 0 Å². The Bertz CT molecular complexity index is 337. The van der Waals surface area contributed by atoms with Crippen LogP contribution >= 0.6 is 0 Å². The fraction of sp³-hybridized carbons (Fsp3) is 0.867. The van der Waals surface area contributed by atoms with E-state index in [1.807, 2.05) is 6.92 Å². The first-order valence-electron chi connectivity index (χ1n) is 6.91. The smallest absolute Gasteiger partial charge is 0.192 e. The molecule has 1 aliphatic rings. The van der Waals surface area contributed by atoms with E-state index in [0.717, 1.165) is 12.0 Å². The Balaban J connectivity index is 2.88. The van der Waals surface area contributed by atoms with Gasteiger partial charge < -0.3 is 9.53 Å². The second kappa shape index (κ2) is 4.77. The molecule has 0 fully saturated rings. The molecule has 0 saturated carbocycles. The van der Waals surface area contributed by atoms with E-state index < -0.39 is 8.32 Å². The summed E-state index contributed by atoms with van der Waals surface area (Å²) in [5.74, 6) is 0. The average Bonchev–Trinajstić information content (AvgIpc) is 2.10. The van der Waals surface area contributed by atoms with Crippen LogP contribution in [0.2, 0.25) is 18.1 Å². The molecule has 2 nitrogen and oxygen atoms in total. The minimum atomic E-state index is -1.73. The van der Waals surface area contributed by atoms with E-state index in [4.69, 9.17) is 4.43 Å². The number of aliphatic hydroxyl groups is 1. The summed E-state index contributed by atoms with van der Waals surface area (Å²) < 4.78 is 6.45. The monoisotopic (exact) mass is 270 g/mol. The second-order valence-corrected chi connectivity index (χ2v) is 12.7. The Kier molecular flexibility index (Phi) is 4.22. The molecule has 3 heteroatoms. The van der Waals surface area contributed by atoms with E-state index in [1.165, 1.54) is 0 Å². The number of rotatable bonds is 2. The highest BCUT2D eigenvalue weighted by molar-refractivity contribution is 6.74. The minimum absolute atomic E-state index is 0.0914. The van der Waals surface area contributed by atoms with Gasteiger partial charge in [0.05, 0.1) is 12.2 Å². The average molecular weight is 270 g/mol.